The lowest BCUT2D eigenvalue weighted by atomic mass is 10.0. The Labute approximate surface area is 362 Å². The van der Waals surface area contributed by atoms with Crippen molar-refractivity contribution in [1.29, 1.82) is 0 Å². The van der Waals surface area contributed by atoms with E-state index < -0.39 is 6.10 Å². The van der Waals surface area contributed by atoms with Gasteiger partial charge in [0.05, 0.1) is 6.61 Å². The topological polar surface area (TPSA) is 61.8 Å². The number of ether oxygens (including phenoxy) is 3. The highest BCUT2D eigenvalue weighted by Gasteiger charge is 2.17. The van der Waals surface area contributed by atoms with E-state index in [0.717, 1.165) is 51.4 Å². The van der Waals surface area contributed by atoms with Crippen LogP contribution in [-0.4, -0.2) is 37.9 Å². The summed E-state index contributed by atoms with van der Waals surface area (Å²) in [6.07, 6.45) is 57.7. The molecule has 342 valence electrons. The quantitative estimate of drug-likeness (QED) is 0.0348. The molecule has 1 unspecified atom stereocenters. The molecule has 5 nitrogen and oxygen atoms in total. The van der Waals surface area contributed by atoms with E-state index in [1.165, 1.54) is 193 Å². The van der Waals surface area contributed by atoms with E-state index in [4.69, 9.17) is 14.2 Å². The molecule has 0 aliphatic carbocycles. The minimum atomic E-state index is -0.532. The fourth-order valence-electron chi connectivity index (χ4n) is 7.60. The van der Waals surface area contributed by atoms with Gasteiger partial charge in [-0.25, -0.2) is 0 Å². The predicted octanol–water partition coefficient (Wildman–Crippen LogP) is 17.2. The Balaban J connectivity index is 4.06. The summed E-state index contributed by atoms with van der Waals surface area (Å²) in [5.74, 6) is -0.404. The number of hydrogen-bond donors (Lipinski definition) is 0. The maximum atomic E-state index is 12.7. The van der Waals surface area contributed by atoms with Gasteiger partial charge in [0.25, 0.3) is 0 Å². The van der Waals surface area contributed by atoms with E-state index in [1.807, 2.05) is 0 Å². The monoisotopic (exact) mass is 817 g/mol. The van der Waals surface area contributed by atoms with Crippen LogP contribution in [0.2, 0.25) is 0 Å². The first-order valence-corrected chi connectivity index (χ1v) is 25.9. The molecule has 0 amide bonds. The first kappa shape index (κ1) is 56.4. The molecule has 0 fully saturated rings. The summed E-state index contributed by atoms with van der Waals surface area (Å²) in [6, 6.07) is 0. The van der Waals surface area contributed by atoms with Crippen LogP contribution in [0.15, 0.2) is 24.3 Å². The fraction of sp³-hybridized carbons (Fsp3) is 0.887. The molecular formula is C53H100O5. The maximum Gasteiger partial charge on any atom is 0.306 e. The van der Waals surface area contributed by atoms with Crippen molar-refractivity contribution >= 4 is 11.9 Å². The number of allylic oxidation sites excluding steroid dienone is 4. The Kier molecular flexibility index (Phi) is 48.4. The molecule has 0 heterocycles. The summed E-state index contributed by atoms with van der Waals surface area (Å²) in [5, 5.41) is 0. The molecule has 0 rings (SSSR count). The summed E-state index contributed by atoms with van der Waals surface area (Å²) >= 11 is 0. The molecule has 0 aliphatic heterocycles. The van der Waals surface area contributed by atoms with Gasteiger partial charge in [0.2, 0.25) is 0 Å². The van der Waals surface area contributed by atoms with E-state index in [0.29, 0.717) is 26.1 Å². The van der Waals surface area contributed by atoms with E-state index in [1.54, 1.807) is 0 Å². The highest BCUT2D eigenvalue weighted by Crippen LogP contribution is 2.16. The average molecular weight is 817 g/mol. The third-order valence-electron chi connectivity index (χ3n) is 11.5. The Morgan fingerprint density at radius 1 is 0.379 bits per heavy atom. The molecule has 0 radical (unpaired) electrons. The molecule has 0 spiro atoms. The Morgan fingerprint density at radius 3 is 1.17 bits per heavy atom. The lowest BCUT2D eigenvalue weighted by molar-refractivity contribution is -0.163. The predicted molar refractivity (Wildman–Crippen MR) is 252 cm³/mol. The van der Waals surface area contributed by atoms with Crippen LogP contribution in [0.1, 0.15) is 278 Å². The zero-order valence-electron chi connectivity index (χ0n) is 39.3. The largest absolute Gasteiger partial charge is 0.462 e. The third-order valence-corrected chi connectivity index (χ3v) is 11.5. The zero-order chi connectivity index (χ0) is 42.1. The summed E-state index contributed by atoms with van der Waals surface area (Å²) in [6.45, 7) is 7.80. The summed E-state index contributed by atoms with van der Waals surface area (Å²) in [7, 11) is 0. The highest BCUT2D eigenvalue weighted by atomic mass is 16.6. The van der Waals surface area contributed by atoms with Gasteiger partial charge in [-0.2, -0.15) is 0 Å². The van der Waals surface area contributed by atoms with Gasteiger partial charge in [-0.05, 0) is 51.4 Å². The van der Waals surface area contributed by atoms with Crippen molar-refractivity contribution in [2.75, 3.05) is 19.8 Å². The van der Waals surface area contributed by atoms with Crippen LogP contribution < -0.4 is 0 Å². The van der Waals surface area contributed by atoms with Crippen LogP contribution in [0, 0.1) is 0 Å². The standard InChI is InChI=1S/C53H100O5/c1-4-7-10-13-16-18-20-22-24-25-26-27-28-30-32-34-36-39-42-45-48-56-49-51(58-53(55)47-44-41-37-15-12-9-6-3)50-57-52(54)46-43-40-38-35-33-31-29-23-21-19-17-14-11-8-5-2/h17,19,23,29,51H,4-16,18,20-22,24-28,30-50H2,1-3H3/b19-17-,29-23-. The fourth-order valence-corrected chi connectivity index (χ4v) is 7.60. The number of carbonyl (C=O) groups is 2. The molecule has 1 atom stereocenters. The van der Waals surface area contributed by atoms with Crippen molar-refractivity contribution < 1.29 is 23.8 Å². The SMILES string of the molecule is CCCCC/C=C\C/C=C\CCCCCCCC(=O)OCC(COCCCCCCCCCCCCCCCCCCCCCC)OC(=O)CCCCCCCCC. The van der Waals surface area contributed by atoms with Gasteiger partial charge in [0.15, 0.2) is 6.10 Å². The van der Waals surface area contributed by atoms with E-state index in [2.05, 4.69) is 45.1 Å². The van der Waals surface area contributed by atoms with Gasteiger partial charge in [0.1, 0.15) is 6.61 Å². The van der Waals surface area contributed by atoms with Crippen molar-refractivity contribution in [3.8, 4) is 0 Å². The van der Waals surface area contributed by atoms with E-state index in [-0.39, 0.29) is 18.5 Å². The van der Waals surface area contributed by atoms with Crippen molar-refractivity contribution in [1.82, 2.24) is 0 Å². The second kappa shape index (κ2) is 49.7. The molecule has 5 heteroatoms. The molecule has 0 aromatic heterocycles. The first-order valence-electron chi connectivity index (χ1n) is 25.9. The zero-order valence-corrected chi connectivity index (χ0v) is 39.3. The Bertz CT molecular complexity index is 882. The molecular weight excluding hydrogens is 717 g/mol. The van der Waals surface area contributed by atoms with Gasteiger partial charge < -0.3 is 14.2 Å². The highest BCUT2D eigenvalue weighted by molar-refractivity contribution is 5.70. The van der Waals surface area contributed by atoms with Gasteiger partial charge in [0, 0.05) is 19.4 Å². The number of unbranched alkanes of at least 4 members (excludes halogenated alkanes) is 33. The number of carbonyl (C=O) groups excluding carboxylic acids is 2. The Morgan fingerprint density at radius 2 is 0.724 bits per heavy atom. The van der Waals surface area contributed by atoms with Gasteiger partial charge in [-0.15, -0.1) is 0 Å². The second-order valence-corrected chi connectivity index (χ2v) is 17.4. The van der Waals surface area contributed by atoms with Crippen LogP contribution in [0.5, 0.6) is 0 Å². The third kappa shape index (κ3) is 47.1. The molecule has 0 N–H and O–H groups in total. The molecule has 58 heavy (non-hydrogen) atoms. The van der Waals surface area contributed by atoms with E-state index >= 15 is 0 Å². The number of esters is 2. The molecule has 0 saturated heterocycles. The van der Waals surface area contributed by atoms with Crippen LogP contribution >= 0.6 is 0 Å². The normalized spacial score (nSPS) is 12.3. The minimum absolute atomic E-state index is 0.0844. The van der Waals surface area contributed by atoms with Crippen LogP contribution in [-0.2, 0) is 23.8 Å². The van der Waals surface area contributed by atoms with Gasteiger partial charge >= 0.3 is 11.9 Å². The first-order chi connectivity index (χ1) is 28.6. The molecule has 0 bridgehead atoms. The molecule has 0 aliphatic rings. The summed E-state index contributed by atoms with van der Waals surface area (Å²) in [5.41, 5.74) is 0. The smallest absolute Gasteiger partial charge is 0.306 e. The van der Waals surface area contributed by atoms with Crippen molar-refractivity contribution in [3.05, 3.63) is 24.3 Å². The van der Waals surface area contributed by atoms with Gasteiger partial charge in [-0.1, -0.05) is 238 Å². The number of hydrogen-bond acceptors (Lipinski definition) is 5. The van der Waals surface area contributed by atoms with Crippen molar-refractivity contribution in [2.24, 2.45) is 0 Å². The average Bonchev–Trinajstić information content (AvgIpc) is 3.22. The molecule has 0 aromatic rings. The Hall–Kier alpha value is -1.62. The van der Waals surface area contributed by atoms with Crippen LogP contribution in [0.25, 0.3) is 0 Å². The van der Waals surface area contributed by atoms with Crippen LogP contribution in [0.4, 0.5) is 0 Å². The van der Waals surface area contributed by atoms with Crippen LogP contribution in [0.3, 0.4) is 0 Å². The lowest BCUT2D eigenvalue weighted by Crippen LogP contribution is -2.30. The second-order valence-electron chi connectivity index (χ2n) is 17.4. The van der Waals surface area contributed by atoms with E-state index in [9.17, 15) is 9.59 Å². The molecule has 0 saturated carbocycles. The van der Waals surface area contributed by atoms with Crippen molar-refractivity contribution in [2.45, 2.75) is 284 Å². The van der Waals surface area contributed by atoms with Crippen molar-refractivity contribution in [3.63, 3.8) is 0 Å². The maximum absolute atomic E-state index is 12.7. The van der Waals surface area contributed by atoms with Gasteiger partial charge in [-0.3, -0.25) is 9.59 Å². The molecule has 0 aromatic carbocycles. The lowest BCUT2D eigenvalue weighted by Gasteiger charge is -2.18. The summed E-state index contributed by atoms with van der Waals surface area (Å²) < 4.78 is 17.3. The number of rotatable bonds is 48. The summed E-state index contributed by atoms with van der Waals surface area (Å²) in [4.78, 5) is 25.2. The minimum Gasteiger partial charge on any atom is -0.462 e.